The van der Waals surface area contributed by atoms with Crippen LogP contribution < -0.4 is 0 Å². The number of halogens is 2. The summed E-state index contributed by atoms with van der Waals surface area (Å²) < 4.78 is 26.9. The summed E-state index contributed by atoms with van der Waals surface area (Å²) in [6.07, 6.45) is 2.19. The zero-order valence-corrected chi connectivity index (χ0v) is 10.5. The fraction of sp³-hybridized carbons (Fsp3) is 0.500. The lowest BCUT2D eigenvalue weighted by Gasteiger charge is -2.30. The molecule has 18 heavy (non-hydrogen) atoms. The van der Waals surface area contributed by atoms with Gasteiger partial charge in [-0.2, -0.15) is 0 Å². The van der Waals surface area contributed by atoms with E-state index in [1.807, 2.05) is 4.90 Å². The number of benzene rings is 1. The third-order valence-corrected chi connectivity index (χ3v) is 3.35. The summed E-state index contributed by atoms with van der Waals surface area (Å²) >= 11 is 0. The van der Waals surface area contributed by atoms with Crippen LogP contribution in [0.4, 0.5) is 8.78 Å². The van der Waals surface area contributed by atoms with E-state index in [-0.39, 0.29) is 6.54 Å². The number of carbonyl (C=O) groups excluding carboxylic acids is 1. The molecule has 1 unspecified atom stereocenters. The average Bonchev–Trinajstić information content (AvgIpc) is 2.28. The molecular formula is C14H17F2NO. The maximum absolute atomic E-state index is 13.5. The third-order valence-electron chi connectivity index (χ3n) is 3.35. The Morgan fingerprint density at radius 2 is 2.06 bits per heavy atom. The van der Waals surface area contributed by atoms with Crippen molar-refractivity contribution in [2.24, 2.45) is 5.92 Å². The second kappa shape index (κ2) is 5.57. The fourth-order valence-electron chi connectivity index (χ4n) is 2.48. The Morgan fingerprint density at radius 1 is 1.39 bits per heavy atom. The number of nitrogens with zero attached hydrogens (tertiary/aromatic N) is 1. The molecule has 1 heterocycles. The highest BCUT2D eigenvalue weighted by Crippen LogP contribution is 2.18. The van der Waals surface area contributed by atoms with Gasteiger partial charge in [0.2, 0.25) is 0 Å². The Morgan fingerprint density at radius 3 is 2.67 bits per heavy atom. The van der Waals surface area contributed by atoms with Crippen LogP contribution in [0.2, 0.25) is 0 Å². The monoisotopic (exact) mass is 253 g/mol. The van der Waals surface area contributed by atoms with Gasteiger partial charge in [-0.3, -0.25) is 9.69 Å². The predicted molar refractivity (Wildman–Crippen MR) is 65.5 cm³/mol. The predicted octanol–water partition coefficient (Wildman–Crippen LogP) is 2.88. The first-order valence-electron chi connectivity index (χ1n) is 6.27. The van der Waals surface area contributed by atoms with E-state index < -0.39 is 23.0 Å². The molecule has 1 aromatic carbocycles. The first-order valence-corrected chi connectivity index (χ1v) is 6.27. The van der Waals surface area contributed by atoms with E-state index in [9.17, 15) is 13.6 Å². The minimum absolute atomic E-state index is 0.0994. The van der Waals surface area contributed by atoms with E-state index >= 15 is 0 Å². The van der Waals surface area contributed by atoms with Crippen molar-refractivity contribution >= 4 is 5.78 Å². The highest BCUT2D eigenvalue weighted by atomic mass is 19.1. The number of likely N-dealkylation sites (tertiary alicyclic amines) is 1. The van der Waals surface area contributed by atoms with Gasteiger partial charge in [-0.05, 0) is 37.4 Å². The second-order valence-electron chi connectivity index (χ2n) is 5.00. The van der Waals surface area contributed by atoms with Gasteiger partial charge in [-0.15, -0.1) is 0 Å². The van der Waals surface area contributed by atoms with Crippen molar-refractivity contribution in [2.45, 2.75) is 19.8 Å². The van der Waals surface area contributed by atoms with Crippen molar-refractivity contribution in [2.75, 3.05) is 19.6 Å². The van der Waals surface area contributed by atoms with Gasteiger partial charge in [0.1, 0.15) is 11.6 Å². The molecule has 1 fully saturated rings. The first-order chi connectivity index (χ1) is 8.58. The molecule has 0 aliphatic carbocycles. The molecule has 1 saturated heterocycles. The Kier molecular flexibility index (Phi) is 4.07. The number of rotatable bonds is 3. The topological polar surface area (TPSA) is 20.3 Å². The Hall–Kier alpha value is -1.29. The molecular weight excluding hydrogens is 236 g/mol. The van der Waals surface area contributed by atoms with Gasteiger partial charge in [0.15, 0.2) is 5.78 Å². The van der Waals surface area contributed by atoms with Gasteiger partial charge in [0.25, 0.3) is 0 Å². The minimum atomic E-state index is -0.773. The van der Waals surface area contributed by atoms with Crippen LogP contribution in [0.25, 0.3) is 0 Å². The van der Waals surface area contributed by atoms with Crippen molar-refractivity contribution in [3.63, 3.8) is 0 Å². The molecule has 0 aromatic heterocycles. The molecule has 0 spiro atoms. The van der Waals surface area contributed by atoms with Crippen molar-refractivity contribution in [1.82, 2.24) is 4.90 Å². The van der Waals surface area contributed by atoms with Crippen molar-refractivity contribution < 1.29 is 13.6 Å². The maximum Gasteiger partial charge on any atom is 0.182 e. The minimum Gasteiger partial charge on any atom is -0.296 e. The molecule has 0 saturated carbocycles. The van der Waals surface area contributed by atoms with Crippen LogP contribution in [0.5, 0.6) is 0 Å². The number of hydrogen-bond donors (Lipinski definition) is 0. The summed E-state index contributed by atoms with van der Waals surface area (Å²) in [5, 5.41) is 0. The largest absolute Gasteiger partial charge is 0.296 e. The van der Waals surface area contributed by atoms with Gasteiger partial charge in [0, 0.05) is 6.54 Å². The van der Waals surface area contributed by atoms with Crippen LogP contribution in [0.1, 0.15) is 30.1 Å². The quantitative estimate of drug-likeness (QED) is 0.772. The molecule has 2 rings (SSSR count). The number of ketones is 1. The molecule has 0 bridgehead atoms. The van der Waals surface area contributed by atoms with Crippen LogP contribution in [0, 0.1) is 17.6 Å². The van der Waals surface area contributed by atoms with E-state index in [0.717, 1.165) is 38.1 Å². The normalized spacial score (nSPS) is 20.9. The van der Waals surface area contributed by atoms with E-state index in [1.165, 1.54) is 6.07 Å². The van der Waals surface area contributed by atoms with Crippen molar-refractivity contribution in [3.8, 4) is 0 Å². The number of piperidine rings is 1. The summed E-state index contributed by atoms with van der Waals surface area (Å²) in [4.78, 5) is 13.9. The summed E-state index contributed by atoms with van der Waals surface area (Å²) in [6.45, 7) is 3.87. The molecule has 1 aliphatic heterocycles. The molecule has 1 aliphatic rings. The van der Waals surface area contributed by atoms with Gasteiger partial charge >= 0.3 is 0 Å². The molecule has 1 atom stereocenters. The summed E-state index contributed by atoms with van der Waals surface area (Å²) in [5.41, 5.74) is -0.407. The SMILES string of the molecule is CC1CCCN(CC(=O)c2c(F)cccc2F)C1. The standard InChI is InChI=1S/C14H17F2NO/c1-10-4-3-7-17(8-10)9-13(18)14-11(15)5-2-6-12(14)16/h2,5-6,10H,3-4,7-9H2,1H3. The number of carbonyl (C=O) groups is 1. The second-order valence-corrected chi connectivity index (χ2v) is 5.00. The molecule has 98 valence electrons. The van der Waals surface area contributed by atoms with Gasteiger partial charge in [0.05, 0.1) is 12.1 Å². The Bertz CT molecular complexity index is 427. The smallest absolute Gasteiger partial charge is 0.182 e. The molecule has 0 amide bonds. The summed E-state index contributed by atoms with van der Waals surface area (Å²) in [5.74, 6) is -1.48. The zero-order valence-electron chi connectivity index (χ0n) is 10.5. The molecule has 0 radical (unpaired) electrons. The lowest BCUT2D eigenvalue weighted by Crippen LogP contribution is -2.38. The maximum atomic E-state index is 13.5. The highest BCUT2D eigenvalue weighted by Gasteiger charge is 2.22. The van der Waals surface area contributed by atoms with Crippen LogP contribution in [0.3, 0.4) is 0 Å². The van der Waals surface area contributed by atoms with Crippen molar-refractivity contribution in [3.05, 3.63) is 35.4 Å². The van der Waals surface area contributed by atoms with Crippen molar-refractivity contribution in [1.29, 1.82) is 0 Å². The van der Waals surface area contributed by atoms with Crippen LogP contribution in [-0.4, -0.2) is 30.3 Å². The summed E-state index contributed by atoms with van der Waals surface area (Å²) in [6, 6.07) is 3.51. The van der Waals surface area contributed by atoms with E-state index in [4.69, 9.17) is 0 Å². The van der Waals surface area contributed by atoms with E-state index in [0.29, 0.717) is 5.92 Å². The van der Waals surface area contributed by atoms with Crippen LogP contribution in [0.15, 0.2) is 18.2 Å². The van der Waals surface area contributed by atoms with Gasteiger partial charge in [-0.25, -0.2) is 8.78 Å². The van der Waals surface area contributed by atoms with Gasteiger partial charge in [-0.1, -0.05) is 13.0 Å². The fourth-order valence-corrected chi connectivity index (χ4v) is 2.48. The lowest BCUT2D eigenvalue weighted by molar-refractivity contribution is 0.0884. The van der Waals surface area contributed by atoms with Gasteiger partial charge < -0.3 is 0 Å². The summed E-state index contributed by atoms with van der Waals surface area (Å²) in [7, 11) is 0. The zero-order chi connectivity index (χ0) is 13.1. The number of hydrogen-bond acceptors (Lipinski definition) is 2. The number of Topliss-reactive ketones (excluding diaryl/α,β-unsaturated/α-hetero) is 1. The first kappa shape index (κ1) is 13.1. The molecule has 1 aromatic rings. The molecule has 2 nitrogen and oxygen atoms in total. The molecule has 0 N–H and O–H groups in total. The Balaban J connectivity index is 2.07. The lowest BCUT2D eigenvalue weighted by atomic mass is 9.99. The Labute approximate surface area is 106 Å². The van der Waals surface area contributed by atoms with Crippen LogP contribution in [-0.2, 0) is 0 Å². The van der Waals surface area contributed by atoms with Crippen LogP contribution >= 0.6 is 0 Å². The highest BCUT2D eigenvalue weighted by molar-refractivity contribution is 5.98. The third kappa shape index (κ3) is 2.93. The molecule has 4 heteroatoms. The average molecular weight is 253 g/mol. The van der Waals surface area contributed by atoms with E-state index in [1.54, 1.807) is 0 Å². The van der Waals surface area contributed by atoms with E-state index in [2.05, 4.69) is 6.92 Å².